The number of nitrogens with one attached hydrogen (secondary N) is 1. The van der Waals surface area contributed by atoms with Crippen LogP contribution in [-0.4, -0.2) is 34.7 Å². The van der Waals surface area contributed by atoms with E-state index >= 15 is 0 Å². The van der Waals surface area contributed by atoms with Gasteiger partial charge in [0.2, 0.25) is 6.41 Å². The van der Waals surface area contributed by atoms with Crippen LogP contribution in [0.3, 0.4) is 0 Å². The van der Waals surface area contributed by atoms with Gasteiger partial charge in [-0.2, -0.15) is 0 Å². The smallest absolute Gasteiger partial charge is 0.337 e. The maximum absolute atomic E-state index is 12.3. The molecule has 1 aromatic heterocycles. The molecule has 3 rings (SSSR count). The number of hydrogen-bond acceptors (Lipinski definition) is 5. The normalized spacial score (nSPS) is 14.4. The van der Waals surface area contributed by atoms with Gasteiger partial charge in [0.1, 0.15) is 11.6 Å². The van der Waals surface area contributed by atoms with Crippen LogP contribution < -0.4 is 10.1 Å². The summed E-state index contributed by atoms with van der Waals surface area (Å²) in [5, 5.41) is 12.6. The summed E-state index contributed by atoms with van der Waals surface area (Å²) in [4.78, 5) is 27.9. The fraction of sp³-hybridized carbons (Fsp3) is 0.435. The lowest BCUT2D eigenvalue weighted by molar-refractivity contribution is -0.160. The highest BCUT2D eigenvalue weighted by Gasteiger charge is 2.33. The number of benzene rings is 1. The number of fused-ring (bicyclic) bond motifs is 1. The Labute approximate surface area is 176 Å². The predicted molar refractivity (Wildman–Crippen MR) is 114 cm³/mol. The van der Waals surface area contributed by atoms with Gasteiger partial charge in [-0.05, 0) is 76.3 Å². The van der Waals surface area contributed by atoms with Gasteiger partial charge in [0, 0.05) is 16.8 Å². The molecule has 30 heavy (non-hydrogen) atoms. The minimum Gasteiger partial charge on any atom is -0.493 e. The van der Waals surface area contributed by atoms with Crippen molar-refractivity contribution in [2.24, 2.45) is 0 Å². The van der Waals surface area contributed by atoms with Crippen molar-refractivity contribution in [3.63, 3.8) is 0 Å². The minimum atomic E-state index is -1.22. The van der Waals surface area contributed by atoms with Gasteiger partial charge in [0.15, 0.2) is 6.10 Å². The molecular formula is C23H28N2O5. The summed E-state index contributed by atoms with van der Waals surface area (Å²) < 4.78 is 11.7. The molecule has 1 atom stereocenters. The highest BCUT2D eigenvalue weighted by atomic mass is 16.5. The Bertz CT molecular complexity index is 979. The number of carboxylic acids is 1. The van der Waals surface area contributed by atoms with Crippen LogP contribution in [0.5, 0.6) is 5.75 Å². The number of rotatable bonds is 6. The minimum absolute atomic E-state index is 0.325. The molecule has 7 heteroatoms. The molecule has 0 spiro atoms. The van der Waals surface area contributed by atoms with Crippen molar-refractivity contribution in [1.29, 1.82) is 0 Å². The Morgan fingerprint density at radius 1 is 1.33 bits per heavy atom. The molecular weight excluding hydrogens is 384 g/mol. The number of aryl methyl sites for hydroxylation is 2. The van der Waals surface area contributed by atoms with Gasteiger partial charge in [-0.1, -0.05) is 6.07 Å². The SMILES string of the molecule is Cc1nc(NC=O)c(C)c(C(OC(C)(C)C)C(=O)O)c1-c1ccc2c(c1)CCCO2. The third kappa shape index (κ3) is 4.46. The zero-order chi connectivity index (χ0) is 22.1. The van der Waals surface area contributed by atoms with E-state index in [1.807, 2.05) is 39.0 Å². The Morgan fingerprint density at radius 2 is 2.07 bits per heavy atom. The summed E-state index contributed by atoms with van der Waals surface area (Å²) in [6.45, 7) is 9.69. The molecule has 1 aliphatic rings. The lowest BCUT2D eigenvalue weighted by atomic mass is 9.89. The summed E-state index contributed by atoms with van der Waals surface area (Å²) in [5.74, 6) is 0.0818. The number of nitrogens with zero attached hydrogens (tertiary/aromatic N) is 1. The number of carboxylic acid groups (broad SMARTS) is 1. The molecule has 2 aromatic rings. The monoisotopic (exact) mass is 412 g/mol. The number of carbonyl (C=O) groups excluding carboxylic acids is 1. The van der Waals surface area contributed by atoms with Crippen molar-refractivity contribution in [2.75, 3.05) is 11.9 Å². The molecule has 1 amide bonds. The molecule has 1 unspecified atom stereocenters. The molecule has 0 saturated carbocycles. The predicted octanol–water partition coefficient (Wildman–Crippen LogP) is 4.20. The van der Waals surface area contributed by atoms with Crippen molar-refractivity contribution in [2.45, 2.75) is 59.2 Å². The molecule has 0 bridgehead atoms. The van der Waals surface area contributed by atoms with E-state index in [1.54, 1.807) is 13.8 Å². The molecule has 1 aromatic carbocycles. The molecule has 0 aliphatic carbocycles. The van der Waals surface area contributed by atoms with Crippen LogP contribution in [-0.2, 0) is 20.7 Å². The van der Waals surface area contributed by atoms with Crippen molar-refractivity contribution in [1.82, 2.24) is 4.98 Å². The standard InChI is InChI=1S/C23H28N2O5/c1-13-18(20(22(27)28)30-23(3,4)5)19(14(2)25-21(13)24-12-26)16-8-9-17-15(11-16)7-6-10-29-17/h8-9,11-12,20H,6-7,10H2,1-5H3,(H,27,28)(H,24,25,26). The van der Waals surface area contributed by atoms with E-state index in [4.69, 9.17) is 9.47 Å². The summed E-state index contributed by atoms with van der Waals surface area (Å²) in [6.07, 6.45) is 1.15. The van der Waals surface area contributed by atoms with Crippen molar-refractivity contribution in [3.8, 4) is 16.9 Å². The Kier molecular flexibility index (Phi) is 6.12. The van der Waals surface area contributed by atoms with Crippen molar-refractivity contribution >= 4 is 18.2 Å². The number of ether oxygens (including phenoxy) is 2. The van der Waals surface area contributed by atoms with Crippen LogP contribution >= 0.6 is 0 Å². The van der Waals surface area contributed by atoms with Gasteiger partial charge in [-0.25, -0.2) is 9.78 Å². The number of aliphatic carboxylic acids is 1. The first-order valence-corrected chi connectivity index (χ1v) is 10.0. The van der Waals surface area contributed by atoms with Gasteiger partial charge in [-0.15, -0.1) is 0 Å². The van der Waals surface area contributed by atoms with Crippen LogP contribution in [0.4, 0.5) is 5.82 Å². The zero-order valence-corrected chi connectivity index (χ0v) is 18.0. The summed E-state index contributed by atoms with van der Waals surface area (Å²) in [5.41, 5.74) is 3.61. The van der Waals surface area contributed by atoms with E-state index in [2.05, 4.69) is 10.3 Å². The lowest BCUT2D eigenvalue weighted by Crippen LogP contribution is -2.28. The number of pyridine rings is 1. The summed E-state index contributed by atoms with van der Waals surface area (Å²) in [7, 11) is 0. The highest BCUT2D eigenvalue weighted by molar-refractivity contribution is 5.85. The van der Waals surface area contributed by atoms with Crippen molar-refractivity contribution in [3.05, 3.63) is 40.6 Å². The molecule has 2 N–H and O–H groups in total. The molecule has 1 aliphatic heterocycles. The quantitative estimate of drug-likeness (QED) is 0.690. The van der Waals surface area contributed by atoms with Crippen LogP contribution in [0, 0.1) is 13.8 Å². The van der Waals surface area contributed by atoms with Gasteiger partial charge in [0.05, 0.1) is 12.2 Å². The third-order valence-electron chi connectivity index (χ3n) is 5.02. The van der Waals surface area contributed by atoms with Gasteiger partial charge >= 0.3 is 5.97 Å². The molecule has 0 saturated heterocycles. The Hall–Kier alpha value is -2.93. The van der Waals surface area contributed by atoms with E-state index in [1.165, 1.54) is 0 Å². The molecule has 0 fully saturated rings. The first-order valence-electron chi connectivity index (χ1n) is 10.0. The summed E-state index contributed by atoms with van der Waals surface area (Å²) >= 11 is 0. The molecule has 160 valence electrons. The van der Waals surface area contributed by atoms with Gasteiger partial charge < -0.3 is 19.9 Å². The number of carbonyl (C=O) groups is 2. The van der Waals surface area contributed by atoms with E-state index < -0.39 is 17.7 Å². The second kappa shape index (κ2) is 8.44. The molecule has 2 heterocycles. The average molecular weight is 412 g/mol. The fourth-order valence-electron chi connectivity index (χ4n) is 3.81. The van der Waals surface area contributed by atoms with Crippen molar-refractivity contribution < 1.29 is 24.2 Å². The first kappa shape index (κ1) is 21.8. The zero-order valence-electron chi connectivity index (χ0n) is 18.0. The number of hydrogen-bond donors (Lipinski definition) is 2. The number of aromatic nitrogens is 1. The lowest BCUT2D eigenvalue weighted by Gasteiger charge is -2.29. The van der Waals surface area contributed by atoms with Crippen LogP contribution in [0.1, 0.15) is 55.7 Å². The first-order chi connectivity index (χ1) is 14.1. The maximum Gasteiger partial charge on any atom is 0.337 e. The topological polar surface area (TPSA) is 97.8 Å². The van der Waals surface area contributed by atoms with Crippen LogP contribution in [0.25, 0.3) is 11.1 Å². The van der Waals surface area contributed by atoms with Crippen LogP contribution in [0.15, 0.2) is 18.2 Å². The summed E-state index contributed by atoms with van der Waals surface area (Å²) in [6, 6.07) is 5.87. The number of amides is 1. The Balaban J connectivity index is 2.27. The number of anilines is 1. The average Bonchev–Trinajstić information content (AvgIpc) is 2.67. The largest absolute Gasteiger partial charge is 0.493 e. The fourth-order valence-corrected chi connectivity index (χ4v) is 3.81. The van der Waals surface area contributed by atoms with Gasteiger partial charge in [0.25, 0.3) is 0 Å². The van der Waals surface area contributed by atoms with E-state index in [0.29, 0.717) is 41.2 Å². The maximum atomic E-state index is 12.3. The second-order valence-corrected chi connectivity index (χ2v) is 8.44. The molecule has 0 radical (unpaired) electrons. The van der Waals surface area contributed by atoms with Crippen LogP contribution in [0.2, 0.25) is 0 Å². The highest BCUT2D eigenvalue weighted by Crippen LogP contribution is 2.40. The van der Waals surface area contributed by atoms with E-state index in [0.717, 1.165) is 29.7 Å². The molecule has 7 nitrogen and oxygen atoms in total. The second-order valence-electron chi connectivity index (χ2n) is 8.44. The van der Waals surface area contributed by atoms with E-state index in [-0.39, 0.29) is 0 Å². The Morgan fingerprint density at radius 3 is 2.70 bits per heavy atom. The third-order valence-corrected chi connectivity index (χ3v) is 5.02. The van der Waals surface area contributed by atoms with E-state index in [9.17, 15) is 14.7 Å². The van der Waals surface area contributed by atoms with Gasteiger partial charge in [-0.3, -0.25) is 4.79 Å².